The van der Waals surface area contributed by atoms with E-state index in [4.69, 9.17) is 0 Å². The zero-order valence-electron chi connectivity index (χ0n) is 11.1. The quantitative estimate of drug-likeness (QED) is 0.612. The van der Waals surface area contributed by atoms with Gasteiger partial charge in [-0.1, -0.05) is 44.7 Å². The molecule has 1 rings (SSSR count). The molecule has 0 saturated carbocycles. The van der Waals surface area contributed by atoms with Gasteiger partial charge in [0, 0.05) is 4.90 Å². The van der Waals surface area contributed by atoms with E-state index in [1.54, 1.807) is 0 Å². The molecule has 0 amide bonds. The van der Waals surface area contributed by atoms with Crippen molar-refractivity contribution in [2.24, 2.45) is 0 Å². The average molecular weight is 254 g/mol. The lowest BCUT2D eigenvalue weighted by atomic mass is 9.90. The smallest absolute Gasteiger partial charge is 0.139 e. The summed E-state index contributed by atoms with van der Waals surface area (Å²) in [6, 6.07) is 5.78. The summed E-state index contributed by atoms with van der Waals surface area (Å²) < 4.78 is 14.4. The molecular weight excluding hydrogens is 231 g/mol. The first-order valence-electron chi connectivity index (χ1n) is 6.35. The number of halogens is 1. The van der Waals surface area contributed by atoms with Gasteiger partial charge in [-0.15, -0.1) is 0 Å². The zero-order chi connectivity index (χ0) is 12.8. The van der Waals surface area contributed by atoms with Gasteiger partial charge in [0.1, 0.15) is 5.82 Å². The van der Waals surface area contributed by atoms with Crippen molar-refractivity contribution in [2.75, 3.05) is 6.26 Å². The number of hydrogen-bond acceptors (Lipinski definition) is 0. The molecule has 96 valence electrons. The molecule has 0 bridgehead atoms. The van der Waals surface area contributed by atoms with Crippen molar-refractivity contribution in [3.05, 3.63) is 29.6 Å². The summed E-state index contributed by atoms with van der Waals surface area (Å²) in [6.07, 6.45) is 6.33. The van der Waals surface area contributed by atoms with Gasteiger partial charge in [-0.2, -0.15) is 10.5 Å². The highest BCUT2D eigenvalue weighted by Crippen LogP contribution is 2.33. The Balaban J connectivity index is 3.10. The number of rotatable bonds is 6. The van der Waals surface area contributed by atoms with Gasteiger partial charge in [-0.25, -0.2) is 4.39 Å². The standard InChI is InChI=1S/C15H23FS/c1-5-8-12(9-6-2)13-10-7-11-14(15(13)16)17(3)4/h7,10-12H,3,5-6,8-9H2,1-2,4H3. The molecule has 0 nitrogen and oxygen atoms in total. The molecule has 0 heterocycles. The van der Waals surface area contributed by atoms with Crippen LogP contribution in [0.3, 0.4) is 0 Å². The van der Waals surface area contributed by atoms with E-state index in [-0.39, 0.29) is 16.3 Å². The van der Waals surface area contributed by atoms with Crippen molar-refractivity contribution in [2.45, 2.75) is 50.3 Å². The molecule has 0 radical (unpaired) electrons. The molecule has 1 aromatic carbocycles. The molecule has 0 fully saturated rings. The van der Waals surface area contributed by atoms with Crippen molar-refractivity contribution in [3.63, 3.8) is 0 Å². The van der Waals surface area contributed by atoms with E-state index in [0.717, 1.165) is 36.1 Å². The third kappa shape index (κ3) is 3.67. The summed E-state index contributed by atoms with van der Waals surface area (Å²) in [4.78, 5) is 0.778. The van der Waals surface area contributed by atoms with Crippen LogP contribution >= 0.6 is 10.5 Å². The fourth-order valence-corrected chi connectivity index (χ4v) is 3.00. The third-order valence-corrected chi connectivity index (χ3v) is 4.15. The van der Waals surface area contributed by atoms with Crippen molar-refractivity contribution < 1.29 is 4.39 Å². The predicted molar refractivity (Wildman–Crippen MR) is 77.9 cm³/mol. The van der Waals surface area contributed by atoms with E-state index >= 15 is 0 Å². The molecule has 0 aliphatic heterocycles. The largest absolute Gasteiger partial charge is 0.205 e. The van der Waals surface area contributed by atoms with Crippen molar-refractivity contribution in [1.82, 2.24) is 0 Å². The molecule has 17 heavy (non-hydrogen) atoms. The fraction of sp³-hybridized carbons (Fsp3) is 0.533. The zero-order valence-corrected chi connectivity index (χ0v) is 11.9. The van der Waals surface area contributed by atoms with Crippen LogP contribution in [0.25, 0.3) is 0 Å². The summed E-state index contributed by atoms with van der Waals surface area (Å²) in [5.41, 5.74) is 0.897. The SMILES string of the molecule is C=S(C)c1cccc(C(CCC)CCC)c1F. The van der Waals surface area contributed by atoms with Gasteiger partial charge in [-0.05, 0) is 36.6 Å². The second kappa shape index (κ2) is 6.95. The number of benzene rings is 1. The van der Waals surface area contributed by atoms with Gasteiger partial charge in [-0.3, -0.25) is 0 Å². The van der Waals surface area contributed by atoms with Gasteiger partial charge in [0.25, 0.3) is 0 Å². The van der Waals surface area contributed by atoms with E-state index < -0.39 is 0 Å². The molecule has 0 aliphatic carbocycles. The maximum Gasteiger partial charge on any atom is 0.139 e. The second-order valence-electron chi connectivity index (χ2n) is 4.57. The lowest BCUT2D eigenvalue weighted by Crippen LogP contribution is -2.02. The van der Waals surface area contributed by atoms with Crippen LogP contribution in [0.15, 0.2) is 23.1 Å². The van der Waals surface area contributed by atoms with Crippen molar-refractivity contribution in [3.8, 4) is 0 Å². The summed E-state index contributed by atoms with van der Waals surface area (Å²) >= 11 is 0. The molecule has 1 atom stereocenters. The third-order valence-electron chi connectivity index (χ3n) is 3.08. The Bertz CT molecular complexity index is 379. The van der Waals surface area contributed by atoms with Gasteiger partial charge < -0.3 is 0 Å². The Kier molecular flexibility index (Phi) is 5.90. The van der Waals surface area contributed by atoms with E-state index in [9.17, 15) is 4.39 Å². The first kappa shape index (κ1) is 14.4. The first-order chi connectivity index (χ1) is 8.11. The monoisotopic (exact) mass is 254 g/mol. The molecule has 1 aromatic rings. The average Bonchev–Trinajstić information content (AvgIpc) is 2.29. The van der Waals surface area contributed by atoms with Gasteiger partial charge >= 0.3 is 0 Å². The Morgan fingerprint density at radius 3 is 2.29 bits per heavy atom. The normalized spacial score (nSPS) is 13.0. The minimum Gasteiger partial charge on any atom is -0.205 e. The van der Waals surface area contributed by atoms with Gasteiger partial charge in [0.05, 0.1) is 0 Å². The topological polar surface area (TPSA) is 0 Å². The van der Waals surface area contributed by atoms with Crippen molar-refractivity contribution in [1.29, 1.82) is 0 Å². The van der Waals surface area contributed by atoms with Crippen LogP contribution in [-0.2, 0) is 0 Å². The highest BCUT2D eigenvalue weighted by molar-refractivity contribution is 8.13. The molecule has 0 N–H and O–H groups in total. The Morgan fingerprint density at radius 1 is 1.24 bits per heavy atom. The molecule has 0 spiro atoms. The van der Waals surface area contributed by atoms with E-state index in [1.807, 2.05) is 24.5 Å². The van der Waals surface area contributed by atoms with Crippen LogP contribution in [0.4, 0.5) is 4.39 Å². The first-order valence-corrected chi connectivity index (χ1v) is 8.16. The molecule has 2 heteroatoms. The van der Waals surface area contributed by atoms with Crippen molar-refractivity contribution >= 4 is 16.4 Å². The van der Waals surface area contributed by atoms with Crippen LogP contribution in [0.1, 0.15) is 51.0 Å². The molecular formula is C15H23FS. The number of hydrogen-bond donors (Lipinski definition) is 0. The van der Waals surface area contributed by atoms with Gasteiger partial charge in [0.15, 0.2) is 0 Å². The Labute approximate surface area is 107 Å². The second-order valence-corrected chi connectivity index (χ2v) is 6.28. The summed E-state index contributed by atoms with van der Waals surface area (Å²) in [6.45, 7) is 4.33. The minimum absolute atomic E-state index is 0.0137. The summed E-state index contributed by atoms with van der Waals surface area (Å²) in [7, 11) is -0.250. The molecule has 0 aliphatic rings. The highest BCUT2D eigenvalue weighted by atomic mass is 32.2. The van der Waals surface area contributed by atoms with Crippen LogP contribution in [0, 0.1) is 5.82 Å². The Hall–Kier alpha value is -0.630. The highest BCUT2D eigenvalue weighted by Gasteiger charge is 2.16. The summed E-state index contributed by atoms with van der Waals surface area (Å²) in [5, 5.41) is 0. The van der Waals surface area contributed by atoms with E-state index in [0.29, 0.717) is 5.92 Å². The fourth-order valence-electron chi connectivity index (χ4n) is 2.26. The maximum absolute atomic E-state index is 14.4. The molecule has 0 saturated heterocycles. The maximum atomic E-state index is 14.4. The van der Waals surface area contributed by atoms with Crippen LogP contribution in [-0.4, -0.2) is 12.1 Å². The predicted octanol–water partition coefficient (Wildman–Crippen LogP) is 5.20. The molecule has 1 unspecified atom stereocenters. The summed E-state index contributed by atoms with van der Waals surface area (Å²) in [5.74, 6) is 4.31. The molecule has 0 aromatic heterocycles. The lowest BCUT2D eigenvalue weighted by Gasteiger charge is -2.18. The van der Waals surface area contributed by atoms with Crippen LogP contribution in [0.5, 0.6) is 0 Å². The van der Waals surface area contributed by atoms with E-state index in [1.165, 1.54) is 0 Å². The Morgan fingerprint density at radius 2 is 1.82 bits per heavy atom. The minimum atomic E-state index is -0.250. The van der Waals surface area contributed by atoms with E-state index in [2.05, 4.69) is 19.7 Å². The lowest BCUT2D eigenvalue weighted by molar-refractivity contribution is 0.509. The van der Waals surface area contributed by atoms with Gasteiger partial charge in [0.2, 0.25) is 0 Å². The van der Waals surface area contributed by atoms with Crippen LogP contribution < -0.4 is 0 Å². The van der Waals surface area contributed by atoms with Crippen LogP contribution in [0.2, 0.25) is 0 Å².